The van der Waals surface area contributed by atoms with Gasteiger partial charge in [0.05, 0.1) is 0 Å². The summed E-state index contributed by atoms with van der Waals surface area (Å²) < 4.78 is 13.3. The van der Waals surface area contributed by atoms with Gasteiger partial charge in [-0.2, -0.15) is 0 Å². The van der Waals surface area contributed by atoms with E-state index >= 15 is 0 Å². The molecular formula is C17H18ClFN2. The summed E-state index contributed by atoms with van der Waals surface area (Å²) in [5, 5.41) is 3.81. The molecule has 1 aliphatic heterocycles. The van der Waals surface area contributed by atoms with Gasteiger partial charge in [0.15, 0.2) is 0 Å². The van der Waals surface area contributed by atoms with Gasteiger partial charge in [0, 0.05) is 35.5 Å². The number of anilines is 2. The van der Waals surface area contributed by atoms with Gasteiger partial charge in [0.1, 0.15) is 5.82 Å². The zero-order valence-corrected chi connectivity index (χ0v) is 12.5. The molecule has 0 spiro atoms. The molecule has 2 aromatic rings. The highest BCUT2D eigenvalue weighted by Gasteiger charge is 2.19. The minimum atomic E-state index is -0.299. The zero-order chi connectivity index (χ0) is 14.7. The van der Waals surface area contributed by atoms with Gasteiger partial charge in [0.25, 0.3) is 0 Å². The smallest absolute Gasteiger partial charge is 0.126 e. The Morgan fingerprint density at radius 1 is 1.05 bits per heavy atom. The lowest BCUT2D eigenvalue weighted by Crippen LogP contribution is -2.39. The molecule has 2 nitrogen and oxygen atoms in total. The molecule has 0 unspecified atom stereocenters. The molecule has 4 heteroatoms. The molecule has 0 bridgehead atoms. The van der Waals surface area contributed by atoms with Crippen molar-refractivity contribution < 1.29 is 4.39 Å². The number of hydrogen-bond donors (Lipinski definition) is 1. The van der Waals surface area contributed by atoms with Crippen molar-refractivity contribution in [2.75, 3.05) is 23.3 Å². The van der Waals surface area contributed by atoms with Crippen LogP contribution in [-0.2, 0) is 0 Å². The van der Waals surface area contributed by atoms with Crippen molar-refractivity contribution in [3.8, 4) is 0 Å². The molecule has 2 aromatic carbocycles. The van der Waals surface area contributed by atoms with Crippen molar-refractivity contribution in [1.29, 1.82) is 0 Å². The van der Waals surface area contributed by atoms with E-state index in [0.29, 0.717) is 11.1 Å². The maximum absolute atomic E-state index is 13.3. The third-order valence-electron chi connectivity index (χ3n) is 3.85. The summed E-state index contributed by atoms with van der Waals surface area (Å²) in [4.78, 5) is 2.39. The molecule has 3 rings (SSSR count). The number of benzene rings is 2. The highest BCUT2D eigenvalue weighted by Crippen LogP contribution is 2.24. The fraction of sp³-hybridized carbons (Fsp3) is 0.294. The summed E-state index contributed by atoms with van der Waals surface area (Å²) >= 11 is 5.88. The molecule has 21 heavy (non-hydrogen) atoms. The van der Waals surface area contributed by atoms with Crippen molar-refractivity contribution in [3.05, 3.63) is 59.4 Å². The standard InChI is InChI=1S/C17H18ClFN2/c18-13-10-14(19)12-16(11-13)20-15-6-8-21(9-7-15)17-4-2-1-3-5-17/h1-5,10-12,15,20H,6-9H2. The molecule has 1 aliphatic rings. The van der Waals surface area contributed by atoms with Crippen molar-refractivity contribution in [2.24, 2.45) is 0 Å². The summed E-state index contributed by atoms with van der Waals surface area (Å²) in [6.07, 6.45) is 2.06. The molecule has 0 saturated carbocycles. The van der Waals surface area contributed by atoms with Crippen LogP contribution in [0, 0.1) is 5.82 Å². The quantitative estimate of drug-likeness (QED) is 0.894. The van der Waals surface area contributed by atoms with Crippen LogP contribution in [0.25, 0.3) is 0 Å². The molecule has 0 atom stereocenters. The summed E-state index contributed by atoms with van der Waals surface area (Å²) in [5.74, 6) is -0.299. The van der Waals surface area contributed by atoms with Crippen molar-refractivity contribution in [1.82, 2.24) is 0 Å². The van der Waals surface area contributed by atoms with Crippen molar-refractivity contribution >= 4 is 23.0 Å². The maximum Gasteiger partial charge on any atom is 0.126 e. The second-order valence-electron chi connectivity index (χ2n) is 5.40. The maximum atomic E-state index is 13.3. The second-order valence-corrected chi connectivity index (χ2v) is 5.84. The first-order valence-corrected chi connectivity index (χ1v) is 7.61. The molecule has 0 radical (unpaired) electrons. The average molecular weight is 305 g/mol. The van der Waals surface area contributed by atoms with Gasteiger partial charge in [-0.25, -0.2) is 4.39 Å². The Kier molecular flexibility index (Phi) is 4.30. The number of piperidine rings is 1. The normalized spacial score (nSPS) is 16.0. The number of nitrogens with one attached hydrogen (secondary N) is 1. The number of halogens is 2. The third-order valence-corrected chi connectivity index (χ3v) is 4.07. The monoisotopic (exact) mass is 304 g/mol. The minimum absolute atomic E-state index is 0.299. The van der Waals surface area contributed by atoms with Crippen LogP contribution >= 0.6 is 11.6 Å². The van der Waals surface area contributed by atoms with E-state index in [-0.39, 0.29) is 5.82 Å². The lowest BCUT2D eigenvalue weighted by atomic mass is 10.0. The first-order valence-electron chi connectivity index (χ1n) is 7.23. The first kappa shape index (κ1) is 14.2. The molecule has 0 aliphatic carbocycles. The van der Waals surface area contributed by atoms with E-state index in [9.17, 15) is 4.39 Å². The van der Waals surface area contributed by atoms with E-state index in [0.717, 1.165) is 31.6 Å². The minimum Gasteiger partial charge on any atom is -0.382 e. The van der Waals surface area contributed by atoms with E-state index in [2.05, 4.69) is 34.5 Å². The number of rotatable bonds is 3. The van der Waals surface area contributed by atoms with Crippen LogP contribution in [0.4, 0.5) is 15.8 Å². The summed E-state index contributed by atoms with van der Waals surface area (Å²) in [5.41, 5.74) is 2.03. The van der Waals surface area contributed by atoms with Gasteiger partial charge >= 0.3 is 0 Å². The first-order chi connectivity index (χ1) is 10.2. The number of hydrogen-bond acceptors (Lipinski definition) is 2. The van der Waals surface area contributed by atoms with Crippen LogP contribution in [0.3, 0.4) is 0 Å². The number of para-hydroxylation sites is 1. The van der Waals surface area contributed by atoms with Crippen LogP contribution in [0.15, 0.2) is 48.5 Å². The molecule has 1 saturated heterocycles. The molecule has 110 valence electrons. The van der Waals surface area contributed by atoms with Gasteiger partial charge in [-0.05, 0) is 43.2 Å². The van der Waals surface area contributed by atoms with E-state index in [1.807, 2.05) is 6.07 Å². The van der Waals surface area contributed by atoms with E-state index < -0.39 is 0 Å². The van der Waals surface area contributed by atoms with Gasteiger partial charge in [-0.3, -0.25) is 0 Å². The lowest BCUT2D eigenvalue weighted by molar-refractivity contribution is 0.526. The van der Waals surface area contributed by atoms with E-state index in [1.165, 1.54) is 17.8 Å². The molecule has 1 fully saturated rings. The van der Waals surface area contributed by atoms with Crippen LogP contribution in [0.1, 0.15) is 12.8 Å². The Balaban J connectivity index is 1.58. The van der Waals surface area contributed by atoms with Gasteiger partial charge in [-0.1, -0.05) is 29.8 Å². The van der Waals surface area contributed by atoms with Gasteiger partial charge < -0.3 is 10.2 Å². The predicted octanol–water partition coefficient (Wildman–Crippen LogP) is 4.56. The van der Waals surface area contributed by atoms with E-state index in [1.54, 1.807) is 6.07 Å². The SMILES string of the molecule is Fc1cc(Cl)cc(NC2CCN(c3ccccc3)CC2)c1. The highest BCUT2D eigenvalue weighted by atomic mass is 35.5. The van der Waals surface area contributed by atoms with Crippen LogP contribution in [0.2, 0.25) is 5.02 Å². The second kappa shape index (κ2) is 6.35. The van der Waals surface area contributed by atoms with Crippen LogP contribution in [-0.4, -0.2) is 19.1 Å². The molecule has 0 aromatic heterocycles. The van der Waals surface area contributed by atoms with Crippen molar-refractivity contribution in [2.45, 2.75) is 18.9 Å². The molecule has 1 N–H and O–H groups in total. The molecule has 1 heterocycles. The lowest BCUT2D eigenvalue weighted by Gasteiger charge is -2.34. The van der Waals surface area contributed by atoms with Crippen LogP contribution in [0.5, 0.6) is 0 Å². The molecular weight excluding hydrogens is 287 g/mol. The topological polar surface area (TPSA) is 15.3 Å². The fourth-order valence-corrected chi connectivity index (χ4v) is 3.02. The van der Waals surface area contributed by atoms with Gasteiger partial charge in [-0.15, -0.1) is 0 Å². The van der Waals surface area contributed by atoms with Crippen LogP contribution < -0.4 is 10.2 Å². The van der Waals surface area contributed by atoms with E-state index in [4.69, 9.17) is 11.6 Å². The summed E-state index contributed by atoms with van der Waals surface area (Å²) in [7, 11) is 0. The Bertz CT molecular complexity index is 575. The Morgan fingerprint density at radius 2 is 1.76 bits per heavy atom. The number of nitrogens with zero attached hydrogens (tertiary/aromatic N) is 1. The highest BCUT2D eigenvalue weighted by molar-refractivity contribution is 6.30. The fourth-order valence-electron chi connectivity index (χ4n) is 2.79. The van der Waals surface area contributed by atoms with Crippen molar-refractivity contribution in [3.63, 3.8) is 0 Å². The third kappa shape index (κ3) is 3.67. The Morgan fingerprint density at radius 3 is 2.43 bits per heavy atom. The molecule has 0 amide bonds. The Hall–Kier alpha value is -1.74. The predicted molar refractivity (Wildman–Crippen MR) is 86.7 cm³/mol. The summed E-state index contributed by atoms with van der Waals surface area (Å²) in [6.45, 7) is 2.01. The average Bonchev–Trinajstić information content (AvgIpc) is 2.48. The summed E-state index contributed by atoms with van der Waals surface area (Å²) in [6, 6.07) is 15.4. The zero-order valence-electron chi connectivity index (χ0n) is 11.7. The van der Waals surface area contributed by atoms with Gasteiger partial charge in [0.2, 0.25) is 0 Å². The Labute approximate surface area is 129 Å². The largest absolute Gasteiger partial charge is 0.382 e.